The summed E-state index contributed by atoms with van der Waals surface area (Å²) in [6.45, 7) is 2.40. The molecule has 1 saturated heterocycles. The number of piperidine rings is 1. The number of hydrogen-bond acceptors (Lipinski definition) is 3. The van der Waals surface area contributed by atoms with Gasteiger partial charge in [0.1, 0.15) is 6.04 Å². The first-order chi connectivity index (χ1) is 9.49. The van der Waals surface area contributed by atoms with E-state index in [1.165, 1.54) is 22.3 Å². The molecule has 4 nitrogen and oxygen atoms in total. The van der Waals surface area contributed by atoms with Gasteiger partial charge in [0, 0.05) is 17.5 Å². The van der Waals surface area contributed by atoms with Gasteiger partial charge in [-0.2, -0.15) is 0 Å². The fraction of sp³-hybridized carbons (Fsp3) is 0.429. The van der Waals surface area contributed by atoms with Gasteiger partial charge in [0.05, 0.1) is 3.79 Å². The quantitative estimate of drug-likeness (QED) is 0.844. The third kappa shape index (κ3) is 3.49. The lowest BCUT2D eigenvalue weighted by Gasteiger charge is -2.36. The van der Waals surface area contributed by atoms with E-state index in [2.05, 4.69) is 15.9 Å². The van der Waals surface area contributed by atoms with Gasteiger partial charge >= 0.3 is 5.97 Å². The normalized spacial score (nSPS) is 23.2. The van der Waals surface area contributed by atoms with Gasteiger partial charge in [-0.1, -0.05) is 6.92 Å². The Balaban J connectivity index is 2.10. The second-order valence-electron chi connectivity index (χ2n) is 4.91. The van der Waals surface area contributed by atoms with Crippen molar-refractivity contribution in [3.8, 4) is 0 Å². The van der Waals surface area contributed by atoms with E-state index in [9.17, 15) is 14.7 Å². The van der Waals surface area contributed by atoms with Crippen LogP contribution in [0.15, 0.2) is 22.0 Å². The van der Waals surface area contributed by atoms with Crippen LogP contribution in [-0.4, -0.2) is 34.5 Å². The number of hydrogen-bond donors (Lipinski definition) is 1. The summed E-state index contributed by atoms with van der Waals surface area (Å²) in [6.07, 6.45) is 4.90. The highest BCUT2D eigenvalue weighted by Crippen LogP contribution is 2.25. The Morgan fingerprint density at radius 2 is 2.25 bits per heavy atom. The van der Waals surface area contributed by atoms with E-state index in [0.717, 1.165) is 21.5 Å². The highest BCUT2D eigenvalue weighted by Gasteiger charge is 2.36. The molecule has 6 heteroatoms. The maximum Gasteiger partial charge on any atom is 0.326 e. The van der Waals surface area contributed by atoms with Gasteiger partial charge in [-0.15, -0.1) is 11.3 Å². The van der Waals surface area contributed by atoms with Gasteiger partial charge in [0.15, 0.2) is 0 Å². The lowest BCUT2D eigenvalue weighted by molar-refractivity contribution is -0.152. The van der Waals surface area contributed by atoms with Crippen molar-refractivity contribution in [2.75, 3.05) is 6.54 Å². The molecular formula is C14H16BrNO3S. The minimum absolute atomic E-state index is 0.00511. The molecule has 0 spiro atoms. The monoisotopic (exact) mass is 357 g/mol. The molecule has 0 saturated carbocycles. The number of carbonyl (C=O) groups is 2. The van der Waals surface area contributed by atoms with Crippen LogP contribution in [0.5, 0.6) is 0 Å². The fourth-order valence-electron chi connectivity index (χ4n) is 2.48. The molecule has 1 aliphatic rings. The van der Waals surface area contributed by atoms with Crippen molar-refractivity contribution < 1.29 is 14.7 Å². The molecule has 0 aromatic carbocycles. The van der Waals surface area contributed by atoms with Crippen LogP contribution in [0.2, 0.25) is 0 Å². The predicted molar refractivity (Wildman–Crippen MR) is 82.6 cm³/mol. The van der Waals surface area contributed by atoms with Crippen molar-refractivity contribution in [2.45, 2.75) is 25.8 Å². The summed E-state index contributed by atoms with van der Waals surface area (Å²) in [5, 5.41) is 9.29. The van der Waals surface area contributed by atoms with Crippen LogP contribution in [0, 0.1) is 5.92 Å². The summed E-state index contributed by atoms with van der Waals surface area (Å²) >= 11 is 4.89. The molecule has 108 valence electrons. The number of carboxylic acids is 1. The minimum Gasteiger partial charge on any atom is -0.480 e. The molecule has 1 N–H and O–H groups in total. The highest BCUT2D eigenvalue weighted by atomic mass is 79.9. The SMILES string of the molecule is CC1CCCN(C(=O)/C=C/c2ccc(Br)s2)C1C(=O)O. The van der Waals surface area contributed by atoms with E-state index in [1.54, 1.807) is 6.08 Å². The molecule has 0 bridgehead atoms. The van der Waals surface area contributed by atoms with Crippen LogP contribution >= 0.6 is 27.3 Å². The number of carboxylic acid groups (broad SMARTS) is 1. The van der Waals surface area contributed by atoms with E-state index in [-0.39, 0.29) is 11.8 Å². The molecule has 2 atom stereocenters. The zero-order valence-corrected chi connectivity index (χ0v) is 13.5. The second-order valence-corrected chi connectivity index (χ2v) is 7.40. The molecule has 1 aliphatic heterocycles. The number of rotatable bonds is 3. The van der Waals surface area contributed by atoms with Crippen LogP contribution in [0.25, 0.3) is 6.08 Å². The molecular weight excluding hydrogens is 342 g/mol. The Labute approximate surface area is 130 Å². The van der Waals surface area contributed by atoms with E-state index >= 15 is 0 Å². The van der Waals surface area contributed by atoms with Crippen molar-refractivity contribution >= 4 is 45.2 Å². The zero-order valence-electron chi connectivity index (χ0n) is 11.1. The lowest BCUT2D eigenvalue weighted by atomic mass is 9.90. The maximum atomic E-state index is 12.2. The Morgan fingerprint density at radius 1 is 1.50 bits per heavy atom. The average molecular weight is 358 g/mol. The van der Waals surface area contributed by atoms with Crippen molar-refractivity contribution in [3.05, 3.63) is 26.9 Å². The maximum absolute atomic E-state index is 12.2. The summed E-state index contributed by atoms with van der Waals surface area (Å²) in [4.78, 5) is 26.0. The molecule has 1 aromatic heterocycles. The third-order valence-corrected chi connectivity index (χ3v) is 5.04. The number of likely N-dealkylation sites (tertiary alicyclic amines) is 1. The summed E-state index contributed by atoms with van der Waals surface area (Å²) in [7, 11) is 0. The molecule has 1 fully saturated rings. The van der Waals surface area contributed by atoms with Gasteiger partial charge < -0.3 is 10.0 Å². The first kappa shape index (κ1) is 15.3. The number of nitrogens with zero attached hydrogens (tertiary/aromatic N) is 1. The Bertz CT molecular complexity index is 540. The number of aliphatic carboxylic acids is 1. The lowest BCUT2D eigenvalue weighted by Crippen LogP contribution is -2.51. The molecule has 0 aliphatic carbocycles. The van der Waals surface area contributed by atoms with Crippen molar-refractivity contribution in [3.63, 3.8) is 0 Å². The van der Waals surface area contributed by atoms with Gasteiger partial charge in [-0.25, -0.2) is 4.79 Å². The predicted octanol–water partition coefficient (Wildman–Crippen LogP) is 3.24. The molecule has 1 aromatic rings. The largest absolute Gasteiger partial charge is 0.480 e. The fourth-order valence-corrected chi connectivity index (χ4v) is 3.81. The second kappa shape index (κ2) is 6.54. The summed E-state index contributed by atoms with van der Waals surface area (Å²) in [5.74, 6) is -1.15. The molecule has 0 radical (unpaired) electrons. The molecule has 20 heavy (non-hydrogen) atoms. The first-order valence-electron chi connectivity index (χ1n) is 6.46. The number of halogens is 1. The van der Waals surface area contributed by atoms with E-state index in [4.69, 9.17) is 0 Å². The Kier molecular flexibility index (Phi) is 4.99. The minimum atomic E-state index is -0.919. The zero-order chi connectivity index (χ0) is 14.7. The highest BCUT2D eigenvalue weighted by molar-refractivity contribution is 9.11. The molecule has 2 heterocycles. The Morgan fingerprint density at radius 3 is 2.85 bits per heavy atom. The van der Waals surface area contributed by atoms with Crippen LogP contribution in [-0.2, 0) is 9.59 Å². The summed E-state index contributed by atoms with van der Waals surface area (Å²) < 4.78 is 1.000. The molecule has 2 rings (SSSR count). The van der Waals surface area contributed by atoms with Crippen molar-refractivity contribution in [2.24, 2.45) is 5.92 Å². The van der Waals surface area contributed by atoms with E-state index in [0.29, 0.717) is 6.54 Å². The van der Waals surface area contributed by atoms with Crippen molar-refractivity contribution in [1.82, 2.24) is 4.90 Å². The number of amides is 1. The molecule has 2 unspecified atom stereocenters. The standard InChI is InChI=1S/C14H16BrNO3S/c1-9-3-2-8-16(13(9)14(18)19)12(17)7-5-10-4-6-11(15)20-10/h4-7,9,13H,2-3,8H2,1H3,(H,18,19)/b7-5+. The topological polar surface area (TPSA) is 57.6 Å². The average Bonchev–Trinajstić information content (AvgIpc) is 2.81. The number of thiophene rings is 1. The smallest absolute Gasteiger partial charge is 0.326 e. The molecule has 1 amide bonds. The number of carbonyl (C=O) groups excluding carboxylic acids is 1. The van der Waals surface area contributed by atoms with Crippen molar-refractivity contribution in [1.29, 1.82) is 0 Å². The van der Waals surface area contributed by atoms with Crippen LogP contribution in [0.3, 0.4) is 0 Å². The van der Waals surface area contributed by atoms with Crippen LogP contribution < -0.4 is 0 Å². The van der Waals surface area contributed by atoms with Crippen LogP contribution in [0.1, 0.15) is 24.6 Å². The van der Waals surface area contributed by atoms with E-state index in [1.807, 2.05) is 19.1 Å². The summed E-state index contributed by atoms with van der Waals surface area (Å²) in [5.41, 5.74) is 0. The summed E-state index contributed by atoms with van der Waals surface area (Å²) in [6, 6.07) is 3.11. The van der Waals surface area contributed by atoms with Gasteiger partial charge in [0.2, 0.25) is 5.91 Å². The van der Waals surface area contributed by atoms with Gasteiger partial charge in [-0.05, 0) is 52.9 Å². The van der Waals surface area contributed by atoms with Gasteiger partial charge in [0.25, 0.3) is 0 Å². The Hall–Kier alpha value is -1.14. The van der Waals surface area contributed by atoms with Gasteiger partial charge in [-0.3, -0.25) is 4.79 Å². The van der Waals surface area contributed by atoms with E-state index < -0.39 is 12.0 Å². The third-order valence-electron chi connectivity index (χ3n) is 3.45. The van der Waals surface area contributed by atoms with Crippen LogP contribution in [0.4, 0.5) is 0 Å². The first-order valence-corrected chi connectivity index (χ1v) is 8.07.